The summed E-state index contributed by atoms with van der Waals surface area (Å²) in [5.74, 6) is -0.301. The van der Waals surface area contributed by atoms with E-state index in [0.29, 0.717) is 17.2 Å². The number of imidazole rings is 1. The largest absolute Gasteiger partial charge is 0.461 e. The second-order valence-electron chi connectivity index (χ2n) is 7.16. The summed E-state index contributed by atoms with van der Waals surface area (Å²) in [7, 11) is 1.50. The lowest BCUT2D eigenvalue weighted by molar-refractivity contribution is -0.116. The number of carbonyl (C=O) groups excluding carboxylic acids is 2. The minimum absolute atomic E-state index is 0.121. The van der Waals surface area contributed by atoms with Gasteiger partial charge in [0, 0.05) is 31.8 Å². The number of aromatic amines is 2. The lowest BCUT2D eigenvalue weighted by Gasteiger charge is -2.06. The van der Waals surface area contributed by atoms with E-state index in [1.54, 1.807) is 43.5 Å². The van der Waals surface area contributed by atoms with Crippen molar-refractivity contribution in [3.63, 3.8) is 0 Å². The predicted octanol–water partition coefficient (Wildman–Crippen LogP) is 0.884. The monoisotopic (exact) mass is 451 g/mol. The van der Waals surface area contributed by atoms with Crippen molar-refractivity contribution >= 4 is 28.7 Å². The fourth-order valence-corrected chi connectivity index (χ4v) is 3.21. The standard InChI is InChI=1S/C21H21N7O5/c1-3-33-20(31)14-10-11-28(26-14)13-6-4-12(5-7-13)22-16(29)9-8-15-23-17-18(24-15)27(2)21(32)25-19(17)30/h4-7,10-11H,3,8-9H2,1-2H3,(H,22,29)(H,23,24)(H,25,30,32). The number of nitrogens with zero attached hydrogens (tertiary/aromatic N) is 4. The Morgan fingerprint density at radius 3 is 2.61 bits per heavy atom. The molecule has 0 radical (unpaired) electrons. The summed E-state index contributed by atoms with van der Waals surface area (Å²) in [5, 5.41) is 6.98. The van der Waals surface area contributed by atoms with E-state index in [9.17, 15) is 19.2 Å². The van der Waals surface area contributed by atoms with Gasteiger partial charge in [0.25, 0.3) is 5.56 Å². The predicted molar refractivity (Wildman–Crippen MR) is 118 cm³/mol. The Bertz CT molecular complexity index is 1440. The number of aryl methyl sites for hydroxylation is 2. The van der Waals surface area contributed by atoms with Gasteiger partial charge in [0.05, 0.1) is 12.3 Å². The maximum atomic E-state index is 12.3. The van der Waals surface area contributed by atoms with Crippen LogP contribution in [0.15, 0.2) is 46.1 Å². The van der Waals surface area contributed by atoms with Gasteiger partial charge in [-0.1, -0.05) is 0 Å². The van der Waals surface area contributed by atoms with Crippen molar-refractivity contribution in [2.45, 2.75) is 19.8 Å². The molecule has 0 aliphatic heterocycles. The van der Waals surface area contributed by atoms with E-state index in [2.05, 4.69) is 25.4 Å². The SMILES string of the molecule is CCOC(=O)c1ccn(-c2ccc(NC(=O)CCc3nc4c([nH]3)c(=O)[nH]c(=O)n4C)cc2)n1. The highest BCUT2D eigenvalue weighted by molar-refractivity contribution is 5.91. The highest BCUT2D eigenvalue weighted by atomic mass is 16.5. The molecule has 0 saturated carbocycles. The molecule has 4 rings (SSSR count). The van der Waals surface area contributed by atoms with E-state index in [4.69, 9.17) is 4.74 Å². The Balaban J connectivity index is 1.37. The van der Waals surface area contributed by atoms with E-state index in [0.717, 1.165) is 0 Å². The first-order valence-electron chi connectivity index (χ1n) is 10.2. The third kappa shape index (κ3) is 4.59. The molecule has 12 heteroatoms. The Labute approximate surface area is 186 Å². The van der Waals surface area contributed by atoms with Gasteiger partial charge < -0.3 is 15.0 Å². The van der Waals surface area contributed by atoms with Crippen LogP contribution in [0.5, 0.6) is 0 Å². The number of anilines is 1. The van der Waals surface area contributed by atoms with E-state index >= 15 is 0 Å². The molecule has 1 amide bonds. The van der Waals surface area contributed by atoms with Crippen molar-refractivity contribution in [2.75, 3.05) is 11.9 Å². The van der Waals surface area contributed by atoms with E-state index in [1.807, 2.05) is 0 Å². The molecule has 3 N–H and O–H groups in total. The van der Waals surface area contributed by atoms with Gasteiger partial charge in [0.15, 0.2) is 11.3 Å². The average molecular weight is 451 g/mol. The lowest BCUT2D eigenvalue weighted by atomic mass is 10.2. The first-order chi connectivity index (χ1) is 15.9. The number of esters is 1. The number of rotatable bonds is 7. The van der Waals surface area contributed by atoms with Crippen LogP contribution in [0.1, 0.15) is 29.7 Å². The maximum absolute atomic E-state index is 12.3. The number of carbonyl (C=O) groups is 2. The van der Waals surface area contributed by atoms with Crippen LogP contribution in [0.25, 0.3) is 16.9 Å². The molecule has 0 aliphatic carbocycles. The normalized spacial score (nSPS) is 11.0. The number of hydrogen-bond acceptors (Lipinski definition) is 7. The number of amides is 1. The lowest BCUT2D eigenvalue weighted by Crippen LogP contribution is -2.28. The van der Waals surface area contributed by atoms with Gasteiger partial charge in [-0.2, -0.15) is 5.10 Å². The third-order valence-corrected chi connectivity index (χ3v) is 4.88. The molecule has 0 saturated heterocycles. The Kier molecular flexibility index (Phi) is 5.89. The molecular weight excluding hydrogens is 430 g/mol. The van der Waals surface area contributed by atoms with Crippen molar-refractivity contribution in [3.8, 4) is 5.69 Å². The number of aromatic nitrogens is 6. The van der Waals surface area contributed by atoms with E-state index in [-0.39, 0.29) is 42.2 Å². The Hall–Kier alpha value is -4.48. The van der Waals surface area contributed by atoms with Crippen LogP contribution in [0.2, 0.25) is 0 Å². The van der Waals surface area contributed by atoms with Crippen LogP contribution in [-0.2, 0) is 23.0 Å². The Morgan fingerprint density at radius 1 is 1.12 bits per heavy atom. The van der Waals surface area contributed by atoms with Crippen molar-refractivity contribution in [1.29, 1.82) is 0 Å². The summed E-state index contributed by atoms with van der Waals surface area (Å²) < 4.78 is 7.69. The molecule has 1 aromatic carbocycles. The van der Waals surface area contributed by atoms with Crippen LogP contribution >= 0.6 is 0 Å². The first-order valence-corrected chi connectivity index (χ1v) is 10.2. The molecule has 0 aliphatic rings. The minimum Gasteiger partial charge on any atom is -0.461 e. The zero-order chi connectivity index (χ0) is 23.5. The van der Waals surface area contributed by atoms with Crippen molar-refractivity contribution < 1.29 is 14.3 Å². The minimum atomic E-state index is -0.557. The molecule has 0 bridgehead atoms. The number of fused-ring (bicyclic) bond motifs is 1. The van der Waals surface area contributed by atoms with Crippen molar-refractivity contribution in [2.24, 2.45) is 7.05 Å². The number of H-pyrrole nitrogens is 2. The van der Waals surface area contributed by atoms with E-state index in [1.165, 1.54) is 16.3 Å². The molecule has 0 unspecified atom stereocenters. The van der Waals surface area contributed by atoms with Crippen LogP contribution in [0, 0.1) is 0 Å². The highest BCUT2D eigenvalue weighted by Gasteiger charge is 2.13. The summed E-state index contributed by atoms with van der Waals surface area (Å²) in [5.41, 5.74) is 0.822. The summed E-state index contributed by atoms with van der Waals surface area (Å²) in [6.07, 6.45) is 2.03. The van der Waals surface area contributed by atoms with Gasteiger partial charge in [0.1, 0.15) is 11.3 Å². The zero-order valence-corrected chi connectivity index (χ0v) is 17.9. The second-order valence-corrected chi connectivity index (χ2v) is 7.16. The van der Waals surface area contributed by atoms with Crippen molar-refractivity contribution in [3.05, 3.63) is 68.9 Å². The van der Waals surface area contributed by atoms with Crippen LogP contribution < -0.4 is 16.6 Å². The molecule has 4 aromatic rings. The van der Waals surface area contributed by atoms with E-state index < -0.39 is 17.2 Å². The van der Waals surface area contributed by atoms with Gasteiger partial charge in [-0.25, -0.2) is 19.3 Å². The van der Waals surface area contributed by atoms with Gasteiger partial charge in [-0.05, 0) is 37.3 Å². The van der Waals surface area contributed by atoms with Crippen LogP contribution in [0.4, 0.5) is 5.69 Å². The van der Waals surface area contributed by atoms with Gasteiger partial charge in [-0.3, -0.25) is 19.1 Å². The Morgan fingerprint density at radius 2 is 1.88 bits per heavy atom. The maximum Gasteiger partial charge on any atom is 0.358 e. The topological polar surface area (TPSA) is 157 Å². The molecular formula is C21H21N7O5. The second kappa shape index (κ2) is 8.94. The fourth-order valence-electron chi connectivity index (χ4n) is 3.21. The highest BCUT2D eigenvalue weighted by Crippen LogP contribution is 2.14. The third-order valence-electron chi connectivity index (χ3n) is 4.88. The molecule has 0 spiro atoms. The number of benzene rings is 1. The molecule has 33 heavy (non-hydrogen) atoms. The summed E-state index contributed by atoms with van der Waals surface area (Å²) in [4.78, 5) is 56.9. The zero-order valence-electron chi connectivity index (χ0n) is 17.9. The molecule has 0 fully saturated rings. The smallest absolute Gasteiger partial charge is 0.358 e. The quantitative estimate of drug-likeness (QED) is 0.352. The van der Waals surface area contributed by atoms with Crippen molar-refractivity contribution in [1.82, 2.24) is 29.3 Å². The molecule has 3 heterocycles. The number of nitrogens with one attached hydrogen (secondary N) is 3. The summed E-state index contributed by atoms with van der Waals surface area (Å²) in [6, 6.07) is 8.51. The fraction of sp³-hybridized carbons (Fsp3) is 0.238. The molecule has 12 nitrogen and oxygen atoms in total. The van der Waals surface area contributed by atoms with Crippen LogP contribution in [-0.4, -0.2) is 47.8 Å². The molecule has 3 aromatic heterocycles. The first kappa shape index (κ1) is 21.7. The molecule has 0 atom stereocenters. The summed E-state index contributed by atoms with van der Waals surface area (Å²) in [6.45, 7) is 2.00. The van der Waals surface area contributed by atoms with Gasteiger partial charge in [0.2, 0.25) is 5.91 Å². The van der Waals surface area contributed by atoms with Gasteiger partial charge >= 0.3 is 11.7 Å². The average Bonchev–Trinajstić information content (AvgIpc) is 3.45. The summed E-state index contributed by atoms with van der Waals surface area (Å²) >= 11 is 0. The van der Waals surface area contributed by atoms with Gasteiger partial charge in [-0.15, -0.1) is 0 Å². The number of ether oxygens (including phenoxy) is 1. The van der Waals surface area contributed by atoms with Crippen LogP contribution in [0.3, 0.4) is 0 Å². The molecule has 170 valence electrons. The number of hydrogen-bond donors (Lipinski definition) is 3.